The Morgan fingerprint density at radius 3 is 1.30 bits per heavy atom. The van der Waals surface area contributed by atoms with Gasteiger partial charge in [-0.2, -0.15) is 0 Å². The molecule has 0 saturated heterocycles. The van der Waals surface area contributed by atoms with Crippen molar-refractivity contribution in [1.29, 1.82) is 0 Å². The van der Waals surface area contributed by atoms with Gasteiger partial charge in [0, 0.05) is 12.8 Å². The highest BCUT2D eigenvalue weighted by Gasteiger charge is 2.51. The molecule has 0 heterocycles. The summed E-state index contributed by atoms with van der Waals surface area (Å²) in [6.45, 7) is 3.27. The molecule has 352 valence electrons. The third-order valence-electron chi connectivity index (χ3n) is 11.0. The fraction of sp³-hybridized carbons (Fsp3) is 0.870. The minimum absolute atomic E-state index is 0.0919. The molecule has 0 radical (unpaired) electrons. The Morgan fingerprint density at radius 2 is 0.850 bits per heavy atom. The first kappa shape index (κ1) is 56.3. The minimum Gasteiger partial charge on any atom is -0.462 e. The largest absolute Gasteiger partial charge is 0.472 e. The number of phosphoric ester groups is 1. The Labute approximate surface area is 362 Å². The van der Waals surface area contributed by atoms with Crippen molar-refractivity contribution >= 4 is 19.8 Å². The van der Waals surface area contributed by atoms with E-state index in [4.69, 9.17) is 18.5 Å². The van der Waals surface area contributed by atoms with Crippen LogP contribution in [-0.2, 0) is 32.7 Å². The van der Waals surface area contributed by atoms with Gasteiger partial charge >= 0.3 is 19.8 Å². The Hall–Kier alpha value is -1.67. The Bertz CT molecular complexity index is 1150. The molecule has 1 aliphatic rings. The lowest BCUT2D eigenvalue weighted by Crippen LogP contribution is -2.64. The molecule has 14 heteroatoms. The normalized spacial score (nSPS) is 22.3. The zero-order chi connectivity index (χ0) is 44.3. The van der Waals surface area contributed by atoms with Crippen LogP contribution >= 0.6 is 7.82 Å². The summed E-state index contributed by atoms with van der Waals surface area (Å²) in [6.07, 6.45) is 26.6. The minimum atomic E-state index is -5.12. The molecule has 1 rings (SSSR count). The topological polar surface area (TPSA) is 210 Å². The van der Waals surface area contributed by atoms with Crippen molar-refractivity contribution in [3.8, 4) is 0 Å². The van der Waals surface area contributed by atoms with E-state index in [1.165, 1.54) is 89.9 Å². The monoisotopic (exact) mass is 877 g/mol. The van der Waals surface area contributed by atoms with E-state index in [2.05, 4.69) is 38.2 Å². The van der Waals surface area contributed by atoms with Crippen molar-refractivity contribution in [2.45, 2.75) is 243 Å². The molecular formula is C46H85O13P. The number of unbranched alkanes of at least 4 members (excludes halogenated alkanes) is 23. The lowest BCUT2D eigenvalue weighted by molar-refractivity contribution is -0.220. The first-order valence-electron chi connectivity index (χ1n) is 23.6. The van der Waals surface area contributed by atoms with Crippen LogP contribution in [0.5, 0.6) is 0 Å². The summed E-state index contributed by atoms with van der Waals surface area (Å²) in [6, 6.07) is 0. The van der Waals surface area contributed by atoms with Crippen LogP contribution in [0.25, 0.3) is 0 Å². The number of ether oxygens (including phenoxy) is 2. The first-order chi connectivity index (χ1) is 28.9. The van der Waals surface area contributed by atoms with E-state index in [9.17, 15) is 44.6 Å². The lowest BCUT2D eigenvalue weighted by atomic mass is 9.85. The molecule has 8 atom stereocenters. The predicted molar refractivity (Wildman–Crippen MR) is 235 cm³/mol. The summed E-state index contributed by atoms with van der Waals surface area (Å²) in [5, 5.41) is 50.1. The second-order valence-corrected chi connectivity index (χ2v) is 18.0. The van der Waals surface area contributed by atoms with Crippen LogP contribution in [-0.4, -0.2) is 98.3 Å². The van der Waals surface area contributed by atoms with Crippen molar-refractivity contribution in [3.63, 3.8) is 0 Å². The van der Waals surface area contributed by atoms with Crippen molar-refractivity contribution in [1.82, 2.24) is 0 Å². The number of aliphatic hydroxyl groups is 5. The molecule has 0 aromatic heterocycles. The fourth-order valence-corrected chi connectivity index (χ4v) is 8.13. The fourth-order valence-electron chi connectivity index (χ4n) is 7.16. The van der Waals surface area contributed by atoms with Crippen molar-refractivity contribution in [2.75, 3.05) is 13.2 Å². The number of carbonyl (C=O) groups excluding carboxylic acids is 2. The Morgan fingerprint density at radius 1 is 0.500 bits per heavy atom. The molecule has 1 fully saturated rings. The molecule has 0 aliphatic heterocycles. The van der Waals surface area contributed by atoms with Gasteiger partial charge < -0.3 is 39.9 Å². The van der Waals surface area contributed by atoms with Gasteiger partial charge in [-0.25, -0.2) is 4.57 Å². The molecule has 6 N–H and O–H groups in total. The molecule has 0 spiro atoms. The molecule has 0 bridgehead atoms. The van der Waals surface area contributed by atoms with Crippen LogP contribution in [0.4, 0.5) is 0 Å². The van der Waals surface area contributed by atoms with E-state index in [0.717, 1.165) is 70.6 Å². The molecule has 0 aromatic carbocycles. The van der Waals surface area contributed by atoms with Crippen LogP contribution in [0.1, 0.15) is 200 Å². The van der Waals surface area contributed by atoms with Crippen LogP contribution in [0, 0.1) is 0 Å². The standard InChI is InChI=1S/C46H85O13P/c1-3-5-7-9-11-13-15-17-18-19-20-21-22-23-25-27-29-31-33-35-40(48)58-38(36-56-39(47)34-32-30-28-26-24-16-14-12-10-8-6-4-2)37-57-60(54,55)59-46-44(52)42(50)41(49)43(51)45(46)53/h12,14,19-20,38,41-46,49-53H,3-11,13,15-18,21-37H2,1-2H3,(H,54,55)/b14-12-,20-19-/t38-,41?,42-,43?,44?,45?,46?/m1/s1. The average molecular weight is 877 g/mol. The number of allylic oxidation sites excluding steroid dienone is 4. The van der Waals surface area contributed by atoms with E-state index >= 15 is 0 Å². The van der Waals surface area contributed by atoms with Crippen LogP contribution in [0.2, 0.25) is 0 Å². The number of carbonyl (C=O) groups is 2. The quantitative estimate of drug-likeness (QED) is 0.0147. The summed E-state index contributed by atoms with van der Waals surface area (Å²) < 4.78 is 33.5. The number of hydrogen-bond acceptors (Lipinski definition) is 12. The van der Waals surface area contributed by atoms with E-state index in [-0.39, 0.29) is 12.8 Å². The molecule has 60 heavy (non-hydrogen) atoms. The van der Waals surface area contributed by atoms with Crippen LogP contribution in [0.15, 0.2) is 24.3 Å². The third-order valence-corrected chi connectivity index (χ3v) is 12.0. The predicted octanol–water partition coefficient (Wildman–Crippen LogP) is 9.23. The summed E-state index contributed by atoms with van der Waals surface area (Å²) >= 11 is 0. The Kier molecular flexibility index (Phi) is 34.5. The van der Waals surface area contributed by atoms with E-state index in [1.807, 2.05) is 0 Å². The number of hydrogen-bond donors (Lipinski definition) is 6. The second-order valence-electron chi connectivity index (χ2n) is 16.6. The first-order valence-corrected chi connectivity index (χ1v) is 25.1. The maximum absolute atomic E-state index is 12.8. The van der Waals surface area contributed by atoms with Gasteiger partial charge in [-0.15, -0.1) is 0 Å². The maximum Gasteiger partial charge on any atom is 0.472 e. The van der Waals surface area contributed by atoms with Gasteiger partial charge in [0.2, 0.25) is 0 Å². The van der Waals surface area contributed by atoms with E-state index < -0.39 is 75.7 Å². The number of aliphatic hydroxyl groups excluding tert-OH is 5. The molecule has 0 aromatic rings. The zero-order valence-corrected chi connectivity index (χ0v) is 38.2. The third kappa shape index (κ3) is 28.8. The van der Waals surface area contributed by atoms with Crippen molar-refractivity contribution in [3.05, 3.63) is 24.3 Å². The van der Waals surface area contributed by atoms with Gasteiger partial charge in [0.15, 0.2) is 6.10 Å². The van der Waals surface area contributed by atoms with Gasteiger partial charge in [0.05, 0.1) is 6.61 Å². The zero-order valence-electron chi connectivity index (χ0n) is 37.3. The van der Waals surface area contributed by atoms with E-state index in [0.29, 0.717) is 12.8 Å². The highest BCUT2D eigenvalue weighted by molar-refractivity contribution is 7.47. The number of phosphoric acid groups is 1. The van der Waals surface area contributed by atoms with Crippen LogP contribution in [0.3, 0.4) is 0 Å². The molecule has 0 amide bonds. The highest BCUT2D eigenvalue weighted by atomic mass is 31.2. The highest BCUT2D eigenvalue weighted by Crippen LogP contribution is 2.47. The number of esters is 2. The van der Waals surface area contributed by atoms with Gasteiger partial charge in [0.1, 0.15) is 43.2 Å². The second kappa shape index (κ2) is 36.8. The van der Waals surface area contributed by atoms with Crippen molar-refractivity contribution in [2.24, 2.45) is 0 Å². The molecule has 1 saturated carbocycles. The number of rotatable bonds is 39. The smallest absolute Gasteiger partial charge is 0.462 e. The molecule has 1 aliphatic carbocycles. The summed E-state index contributed by atoms with van der Waals surface area (Å²) in [7, 11) is -5.12. The van der Waals surface area contributed by atoms with Gasteiger partial charge in [0.25, 0.3) is 0 Å². The van der Waals surface area contributed by atoms with Crippen molar-refractivity contribution < 1.29 is 63.1 Å². The summed E-state index contributed by atoms with van der Waals surface area (Å²) in [4.78, 5) is 35.7. The van der Waals surface area contributed by atoms with E-state index in [1.54, 1.807) is 0 Å². The molecular weight excluding hydrogens is 791 g/mol. The van der Waals surface area contributed by atoms with Gasteiger partial charge in [-0.05, 0) is 64.2 Å². The SMILES string of the molecule is CCCCC/C=C\CCCCCCCC(=O)OC[C@H](COP(=O)(O)OC1C(O)C(O)C(O)[C@@H](O)C1O)OC(=O)CCCCCCCCC/C=C\CCCCCCCCCC. The molecule has 6 unspecified atom stereocenters. The summed E-state index contributed by atoms with van der Waals surface area (Å²) in [5.74, 6) is -1.11. The average Bonchev–Trinajstić information content (AvgIpc) is 3.23. The van der Waals surface area contributed by atoms with Gasteiger partial charge in [-0.1, -0.05) is 147 Å². The summed E-state index contributed by atoms with van der Waals surface area (Å²) in [5.41, 5.74) is 0. The molecule has 13 nitrogen and oxygen atoms in total. The van der Waals surface area contributed by atoms with Gasteiger partial charge in [-0.3, -0.25) is 18.6 Å². The lowest BCUT2D eigenvalue weighted by Gasteiger charge is -2.41. The Balaban J connectivity index is 2.43. The van der Waals surface area contributed by atoms with Crippen LogP contribution < -0.4 is 0 Å². The maximum atomic E-state index is 12.8.